The predicted molar refractivity (Wildman–Crippen MR) is 79.8 cm³/mol. The van der Waals surface area contributed by atoms with Gasteiger partial charge in [-0.25, -0.2) is 4.39 Å². The molecule has 1 N–H and O–H groups in total. The molecule has 114 valence electrons. The first-order valence-electron chi connectivity index (χ1n) is 7.02. The van der Waals surface area contributed by atoms with Crippen LogP contribution >= 0.6 is 11.6 Å². The van der Waals surface area contributed by atoms with Crippen LogP contribution in [-0.4, -0.2) is 23.9 Å². The number of anilines is 1. The second kappa shape index (κ2) is 6.02. The molecule has 1 aromatic rings. The molecule has 1 aromatic carbocycles. The average Bonchev–Trinajstić information content (AvgIpc) is 2.60. The number of amides is 2. The fraction of sp³-hybridized carbons (Fsp3) is 0.467. The van der Waals surface area contributed by atoms with E-state index in [0.29, 0.717) is 12.8 Å². The zero-order valence-corrected chi connectivity index (χ0v) is 12.8. The van der Waals surface area contributed by atoms with Crippen molar-refractivity contribution in [1.29, 1.82) is 0 Å². The number of carbonyl (C=O) groups is 2. The van der Waals surface area contributed by atoms with E-state index in [1.54, 1.807) is 6.07 Å². The Labute approximate surface area is 128 Å². The van der Waals surface area contributed by atoms with Crippen molar-refractivity contribution in [2.45, 2.75) is 38.6 Å². The number of benzene rings is 1. The number of hydrogen-bond acceptors (Lipinski definition) is 2. The molecule has 1 fully saturated rings. The van der Waals surface area contributed by atoms with Crippen LogP contribution in [0.2, 0.25) is 5.02 Å². The monoisotopic (exact) mass is 312 g/mol. The number of hydrogen-bond donors (Lipinski definition) is 1. The van der Waals surface area contributed by atoms with Gasteiger partial charge in [0.25, 0.3) is 5.91 Å². The minimum atomic E-state index is -0.984. The third-order valence-corrected chi connectivity index (χ3v) is 4.32. The van der Waals surface area contributed by atoms with E-state index in [2.05, 4.69) is 5.32 Å². The van der Waals surface area contributed by atoms with Crippen LogP contribution in [0.15, 0.2) is 18.2 Å². The molecule has 0 radical (unpaired) electrons. The van der Waals surface area contributed by atoms with Crippen molar-refractivity contribution >= 4 is 29.1 Å². The summed E-state index contributed by atoms with van der Waals surface area (Å²) >= 11 is 5.79. The number of halogens is 2. The normalized spacial score (nSPS) is 18.4. The predicted octanol–water partition coefficient (Wildman–Crippen LogP) is 2.89. The van der Waals surface area contributed by atoms with Crippen molar-refractivity contribution in [3.8, 4) is 0 Å². The van der Waals surface area contributed by atoms with Crippen molar-refractivity contribution in [3.63, 3.8) is 0 Å². The van der Waals surface area contributed by atoms with Crippen LogP contribution in [0.1, 0.15) is 33.1 Å². The van der Waals surface area contributed by atoms with Gasteiger partial charge in [0.1, 0.15) is 5.54 Å². The summed E-state index contributed by atoms with van der Waals surface area (Å²) in [6.07, 6.45) is 1.04. The van der Waals surface area contributed by atoms with Crippen LogP contribution in [0.5, 0.6) is 0 Å². The van der Waals surface area contributed by atoms with E-state index in [1.165, 1.54) is 17.0 Å². The zero-order valence-electron chi connectivity index (χ0n) is 12.1. The molecule has 2 amide bonds. The molecule has 0 atom stereocenters. The number of nitrogens with one attached hydrogen (secondary N) is 1. The quantitative estimate of drug-likeness (QED) is 0.933. The summed E-state index contributed by atoms with van der Waals surface area (Å²) in [6.45, 7) is 3.81. The fourth-order valence-corrected chi connectivity index (χ4v) is 2.79. The summed E-state index contributed by atoms with van der Waals surface area (Å²) in [7, 11) is 0. The highest BCUT2D eigenvalue weighted by Gasteiger charge is 2.42. The van der Waals surface area contributed by atoms with E-state index in [0.717, 1.165) is 0 Å². The van der Waals surface area contributed by atoms with Crippen molar-refractivity contribution < 1.29 is 14.0 Å². The van der Waals surface area contributed by atoms with Gasteiger partial charge in [-0.2, -0.15) is 0 Å². The lowest BCUT2D eigenvalue weighted by atomic mass is 9.91. The number of rotatable bonds is 3. The molecule has 21 heavy (non-hydrogen) atoms. The molecular weight excluding hydrogens is 295 g/mol. The van der Waals surface area contributed by atoms with Crippen LogP contribution in [0.3, 0.4) is 0 Å². The largest absolute Gasteiger partial charge is 0.342 e. The van der Waals surface area contributed by atoms with E-state index < -0.39 is 11.4 Å². The summed E-state index contributed by atoms with van der Waals surface area (Å²) in [5, 5.41) is 2.75. The van der Waals surface area contributed by atoms with E-state index in [-0.39, 0.29) is 35.5 Å². The van der Waals surface area contributed by atoms with Gasteiger partial charge in [-0.05, 0) is 25.0 Å². The second-order valence-corrected chi connectivity index (χ2v) is 5.52. The van der Waals surface area contributed by atoms with Gasteiger partial charge < -0.3 is 10.2 Å². The maximum Gasteiger partial charge on any atom is 0.252 e. The Morgan fingerprint density at radius 3 is 2.62 bits per heavy atom. The molecule has 0 spiro atoms. The lowest BCUT2D eigenvalue weighted by Gasteiger charge is -2.33. The summed E-state index contributed by atoms with van der Waals surface area (Å²) < 4.78 is 14.2. The Kier molecular flexibility index (Phi) is 4.52. The lowest BCUT2D eigenvalue weighted by molar-refractivity contribution is -0.130. The summed E-state index contributed by atoms with van der Waals surface area (Å²) in [5.74, 6) is -1.13. The van der Waals surface area contributed by atoms with E-state index in [1.807, 2.05) is 13.8 Å². The van der Waals surface area contributed by atoms with Crippen LogP contribution in [0.4, 0.5) is 10.1 Å². The zero-order chi connectivity index (χ0) is 15.6. The lowest BCUT2D eigenvalue weighted by Crippen LogP contribution is -2.56. The highest BCUT2D eigenvalue weighted by atomic mass is 35.5. The summed E-state index contributed by atoms with van der Waals surface area (Å²) in [4.78, 5) is 26.0. The molecule has 1 aliphatic heterocycles. The molecule has 0 bridgehead atoms. The number of carbonyl (C=O) groups excluding carboxylic acids is 2. The SMILES string of the molecule is CCC1(CC)NC(=O)CCN(c2cccc(Cl)c2F)C1=O. The molecule has 0 unspecified atom stereocenters. The first kappa shape index (κ1) is 15.8. The van der Waals surface area contributed by atoms with Gasteiger partial charge in [0.05, 0.1) is 10.7 Å². The van der Waals surface area contributed by atoms with Crippen molar-refractivity contribution in [3.05, 3.63) is 29.0 Å². The molecule has 2 rings (SSSR count). The van der Waals surface area contributed by atoms with Crippen molar-refractivity contribution in [2.24, 2.45) is 0 Å². The highest BCUT2D eigenvalue weighted by molar-refractivity contribution is 6.31. The maximum absolute atomic E-state index is 14.2. The molecule has 4 nitrogen and oxygen atoms in total. The third kappa shape index (κ3) is 2.75. The molecule has 1 saturated heterocycles. The maximum atomic E-state index is 14.2. The second-order valence-electron chi connectivity index (χ2n) is 5.12. The Bertz CT molecular complexity index is 573. The van der Waals surface area contributed by atoms with Crippen molar-refractivity contribution in [1.82, 2.24) is 5.32 Å². The van der Waals surface area contributed by atoms with Crippen LogP contribution in [-0.2, 0) is 9.59 Å². The van der Waals surface area contributed by atoms with Gasteiger partial charge in [0.2, 0.25) is 5.91 Å². The molecular formula is C15H18ClFN2O2. The van der Waals surface area contributed by atoms with Gasteiger partial charge >= 0.3 is 0 Å². The van der Waals surface area contributed by atoms with Gasteiger partial charge in [-0.1, -0.05) is 31.5 Å². The Balaban J connectivity index is 2.50. The van der Waals surface area contributed by atoms with E-state index in [9.17, 15) is 14.0 Å². The Hall–Kier alpha value is -1.62. The number of nitrogens with zero attached hydrogens (tertiary/aromatic N) is 1. The third-order valence-electron chi connectivity index (χ3n) is 4.02. The molecule has 0 saturated carbocycles. The first-order valence-corrected chi connectivity index (χ1v) is 7.40. The van der Waals surface area contributed by atoms with E-state index >= 15 is 0 Å². The molecule has 1 heterocycles. The smallest absolute Gasteiger partial charge is 0.252 e. The molecule has 6 heteroatoms. The molecule has 0 aromatic heterocycles. The Morgan fingerprint density at radius 1 is 1.33 bits per heavy atom. The Morgan fingerprint density at radius 2 is 2.00 bits per heavy atom. The van der Waals surface area contributed by atoms with E-state index in [4.69, 9.17) is 11.6 Å². The molecule has 0 aliphatic carbocycles. The standard InChI is InChI=1S/C15H18ClFN2O2/c1-3-15(4-2)14(21)19(9-8-12(20)18-15)11-7-5-6-10(16)13(11)17/h5-7H,3-4,8-9H2,1-2H3,(H,18,20). The van der Waals surface area contributed by atoms with Crippen LogP contribution < -0.4 is 10.2 Å². The van der Waals surface area contributed by atoms with Gasteiger partial charge in [-0.15, -0.1) is 0 Å². The minimum Gasteiger partial charge on any atom is -0.342 e. The topological polar surface area (TPSA) is 49.4 Å². The van der Waals surface area contributed by atoms with Gasteiger partial charge in [-0.3, -0.25) is 9.59 Å². The minimum absolute atomic E-state index is 0.0394. The van der Waals surface area contributed by atoms with Crippen LogP contribution in [0, 0.1) is 5.82 Å². The van der Waals surface area contributed by atoms with Crippen LogP contribution in [0.25, 0.3) is 0 Å². The average molecular weight is 313 g/mol. The highest BCUT2D eigenvalue weighted by Crippen LogP contribution is 2.30. The first-order chi connectivity index (χ1) is 9.95. The van der Waals surface area contributed by atoms with Crippen molar-refractivity contribution in [2.75, 3.05) is 11.4 Å². The van der Waals surface area contributed by atoms with Gasteiger partial charge in [0, 0.05) is 13.0 Å². The molecule has 1 aliphatic rings. The summed E-state index contributed by atoms with van der Waals surface area (Å²) in [6, 6.07) is 4.53. The van der Waals surface area contributed by atoms with Gasteiger partial charge in [0.15, 0.2) is 5.82 Å². The summed E-state index contributed by atoms with van der Waals surface area (Å²) in [5.41, 5.74) is -0.863. The fourth-order valence-electron chi connectivity index (χ4n) is 2.62.